The fraction of sp³-hybridized carbons (Fsp3) is 0.113. The maximum absolute atomic E-state index is 3.71. The lowest BCUT2D eigenvalue weighted by Crippen LogP contribution is -2.16. The van der Waals surface area contributed by atoms with Crippen molar-refractivity contribution in [1.29, 1.82) is 0 Å². The number of anilines is 2. The van der Waals surface area contributed by atoms with E-state index in [-0.39, 0.29) is 5.41 Å². The van der Waals surface area contributed by atoms with Crippen LogP contribution in [0.3, 0.4) is 0 Å². The van der Waals surface area contributed by atoms with Gasteiger partial charge >= 0.3 is 0 Å². The standard InChI is InChI=1S/C51H41N.C2H6/c1-4-18-41(52(42-21-10-6-11-22-42)43-23-12-7-13-24-43)33-32-40-36-39-31-29-37(35-49(39)51(40,2)3)30-34-48-46-27-15-14-25-44(46)45-26-16-17-28-47(45)50(48)38-19-8-5-9-20-38;1-2/h4-32,34-36H,1-3H3;1-2H3/b18-4-,34-30+;. The fourth-order valence-corrected chi connectivity index (χ4v) is 7.59. The molecule has 0 heterocycles. The monoisotopic (exact) mass is 697 g/mol. The second-order valence-corrected chi connectivity index (χ2v) is 13.8. The van der Waals surface area contributed by atoms with Crippen molar-refractivity contribution in [2.24, 2.45) is 0 Å². The molecule has 0 aliphatic heterocycles. The molecule has 0 saturated carbocycles. The SMILES string of the molecule is C/C=C\C(=C=CC1=Cc2ccc(/C=C/c3c(-c4ccccc4)c4ccccc4c4ccccc34)cc2C1(C)C)N(c1ccccc1)c1ccccc1.CC. The van der Waals surface area contributed by atoms with Crippen LogP contribution in [0.25, 0.3) is 50.9 Å². The van der Waals surface area contributed by atoms with E-state index in [1.807, 2.05) is 13.8 Å². The smallest absolute Gasteiger partial charge is 0.0887 e. The zero-order valence-electron chi connectivity index (χ0n) is 31.9. The van der Waals surface area contributed by atoms with Gasteiger partial charge in [-0.3, -0.25) is 0 Å². The maximum Gasteiger partial charge on any atom is 0.0887 e. The zero-order chi connectivity index (χ0) is 37.5. The van der Waals surface area contributed by atoms with Gasteiger partial charge in [0.2, 0.25) is 0 Å². The summed E-state index contributed by atoms with van der Waals surface area (Å²) in [4.78, 5) is 2.26. The number of allylic oxidation sites excluding steroid dienone is 3. The largest absolute Gasteiger partial charge is 0.304 e. The molecule has 0 atom stereocenters. The quantitative estimate of drug-likeness (QED) is 0.0661. The Kier molecular flexibility index (Phi) is 10.7. The predicted molar refractivity (Wildman–Crippen MR) is 236 cm³/mol. The summed E-state index contributed by atoms with van der Waals surface area (Å²) < 4.78 is 0. The molecule has 0 N–H and O–H groups in total. The van der Waals surface area contributed by atoms with Crippen LogP contribution < -0.4 is 4.90 Å². The van der Waals surface area contributed by atoms with Gasteiger partial charge in [0.1, 0.15) is 0 Å². The van der Waals surface area contributed by atoms with Gasteiger partial charge in [-0.1, -0.05) is 185 Å². The van der Waals surface area contributed by atoms with E-state index >= 15 is 0 Å². The number of benzene rings is 7. The second-order valence-electron chi connectivity index (χ2n) is 13.8. The molecule has 0 fully saturated rings. The first-order valence-corrected chi connectivity index (χ1v) is 19.1. The van der Waals surface area contributed by atoms with Gasteiger partial charge < -0.3 is 4.90 Å². The number of para-hydroxylation sites is 2. The Morgan fingerprint density at radius 2 is 1.13 bits per heavy atom. The van der Waals surface area contributed by atoms with Gasteiger partial charge in [-0.25, -0.2) is 0 Å². The molecule has 0 aromatic heterocycles. The number of fused-ring (bicyclic) bond motifs is 4. The zero-order valence-corrected chi connectivity index (χ0v) is 31.9. The molecule has 7 aromatic rings. The third kappa shape index (κ3) is 7.03. The highest BCUT2D eigenvalue weighted by Crippen LogP contribution is 2.44. The lowest BCUT2D eigenvalue weighted by molar-refractivity contribution is 0.654. The van der Waals surface area contributed by atoms with Crippen LogP contribution in [0.15, 0.2) is 193 Å². The predicted octanol–water partition coefficient (Wildman–Crippen LogP) is 15.0. The molecule has 54 heavy (non-hydrogen) atoms. The van der Waals surface area contributed by atoms with Crippen LogP contribution in [-0.2, 0) is 5.41 Å². The summed E-state index contributed by atoms with van der Waals surface area (Å²) in [6, 6.07) is 56.3. The first-order valence-electron chi connectivity index (χ1n) is 19.1. The lowest BCUT2D eigenvalue weighted by atomic mass is 9.80. The third-order valence-electron chi connectivity index (χ3n) is 10.2. The molecule has 1 aliphatic rings. The average Bonchev–Trinajstić information content (AvgIpc) is 3.48. The van der Waals surface area contributed by atoms with Crippen LogP contribution in [0.1, 0.15) is 56.9 Å². The van der Waals surface area contributed by atoms with E-state index < -0.39 is 0 Å². The van der Waals surface area contributed by atoms with Crippen molar-refractivity contribution >= 4 is 51.1 Å². The van der Waals surface area contributed by atoms with E-state index in [1.165, 1.54) is 60.5 Å². The molecule has 8 rings (SSSR count). The minimum Gasteiger partial charge on any atom is -0.304 e. The van der Waals surface area contributed by atoms with E-state index in [9.17, 15) is 0 Å². The number of rotatable bonds is 8. The molecule has 1 aliphatic carbocycles. The molecule has 0 bridgehead atoms. The van der Waals surface area contributed by atoms with Gasteiger partial charge in [-0.05, 0) is 110 Å². The van der Waals surface area contributed by atoms with E-state index in [0.717, 1.165) is 17.1 Å². The maximum atomic E-state index is 3.71. The normalized spacial score (nSPS) is 12.9. The van der Waals surface area contributed by atoms with Gasteiger partial charge in [-0.15, -0.1) is 0 Å². The van der Waals surface area contributed by atoms with Gasteiger partial charge in [0.25, 0.3) is 0 Å². The molecule has 0 amide bonds. The molecule has 0 radical (unpaired) electrons. The van der Waals surface area contributed by atoms with E-state index in [0.29, 0.717) is 0 Å². The van der Waals surface area contributed by atoms with E-state index in [2.05, 4.69) is 226 Å². The molecule has 7 aromatic carbocycles. The van der Waals surface area contributed by atoms with Crippen molar-refractivity contribution in [3.63, 3.8) is 0 Å². The molecule has 264 valence electrons. The van der Waals surface area contributed by atoms with Crippen molar-refractivity contribution < 1.29 is 0 Å². The van der Waals surface area contributed by atoms with Crippen LogP contribution in [0.4, 0.5) is 11.4 Å². The number of hydrogen-bond acceptors (Lipinski definition) is 1. The summed E-state index contributed by atoms with van der Waals surface area (Å²) in [7, 11) is 0. The summed E-state index contributed by atoms with van der Waals surface area (Å²) in [6.45, 7) is 10.7. The molecule has 0 saturated heterocycles. The van der Waals surface area contributed by atoms with Gasteiger partial charge in [0.05, 0.1) is 5.70 Å². The Hall–Kier alpha value is -6.40. The fourth-order valence-electron chi connectivity index (χ4n) is 7.59. The molecule has 1 nitrogen and oxygen atoms in total. The molecular weight excluding hydrogens is 651 g/mol. The number of hydrogen-bond donors (Lipinski definition) is 0. The van der Waals surface area contributed by atoms with Gasteiger partial charge in [-0.2, -0.15) is 0 Å². The van der Waals surface area contributed by atoms with Gasteiger partial charge in [0.15, 0.2) is 0 Å². The van der Waals surface area contributed by atoms with Crippen molar-refractivity contribution in [1.82, 2.24) is 0 Å². The minimum atomic E-state index is -0.192. The van der Waals surface area contributed by atoms with Crippen LogP contribution >= 0.6 is 0 Å². The minimum absolute atomic E-state index is 0.192. The number of nitrogens with zero attached hydrogens (tertiary/aromatic N) is 1. The highest BCUT2D eigenvalue weighted by molar-refractivity contribution is 6.18. The average molecular weight is 698 g/mol. The van der Waals surface area contributed by atoms with Crippen molar-refractivity contribution in [2.45, 2.75) is 40.0 Å². The third-order valence-corrected chi connectivity index (χ3v) is 10.2. The summed E-state index contributed by atoms with van der Waals surface area (Å²) in [6.07, 6.45) is 13.3. The Balaban J connectivity index is 0.00000221. The van der Waals surface area contributed by atoms with E-state index in [1.54, 1.807) is 0 Å². The second kappa shape index (κ2) is 16.1. The topological polar surface area (TPSA) is 3.24 Å². The van der Waals surface area contributed by atoms with Crippen molar-refractivity contribution in [3.05, 3.63) is 215 Å². The Morgan fingerprint density at radius 3 is 1.74 bits per heavy atom. The summed E-state index contributed by atoms with van der Waals surface area (Å²) in [5, 5.41) is 5.08. The first-order chi connectivity index (χ1) is 26.5. The molecule has 0 unspecified atom stereocenters. The van der Waals surface area contributed by atoms with Gasteiger partial charge in [0, 0.05) is 16.8 Å². The van der Waals surface area contributed by atoms with Crippen LogP contribution in [0, 0.1) is 0 Å². The Labute approximate surface area is 321 Å². The summed E-state index contributed by atoms with van der Waals surface area (Å²) in [5.41, 5.74) is 15.4. The first kappa shape index (κ1) is 36.0. The lowest BCUT2D eigenvalue weighted by Gasteiger charge is -2.25. The Bertz CT molecular complexity index is 2520. The van der Waals surface area contributed by atoms with Crippen LogP contribution in [0.2, 0.25) is 0 Å². The van der Waals surface area contributed by atoms with Crippen molar-refractivity contribution in [3.8, 4) is 11.1 Å². The summed E-state index contributed by atoms with van der Waals surface area (Å²) >= 11 is 0. The highest BCUT2D eigenvalue weighted by Gasteiger charge is 2.31. The Morgan fingerprint density at radius 1 is 0.593 bits per heavy atom. The van der Waals surface area contributed by atoms with Crippen molar-refractivity contribution in [2.75, 3.05) is 4.90 Å². The highest BCUT2D eigenvalue weighted by atomic mass is 15.1. The van der Waals surface area contributed by atoms with Crippen LogP contribution in [0.5, 0.6) is 0 Å². The molecule has 0 spiro atoms. The van der Waals surface area contributed by atoms with Crippen LogP contribution in [-0.4, -0.2) is 0 Å². The molecule has 1 heteroatoms. The summed E-state index contributed by atoms with van der Waals surface area (Å²) in [5.74, 6) is 0. The van der Waals surface area contributed by atoms with E-state index in [4.69, 9.17) is 0 Å². The molecular formula is C53H47N.